The first kappa shape index (κ1) is 19.1. The Hall–Kier alpha value is -1.90. The van der Waals surface area contributed by atoms with Gasteiger partial charge in [0.05, 0.1) is 19.6 Å². The predicted molar refractivity (Wildman–Crippen MR) is 102 cm³/mol. The number of hydrogen-bond donors (Lipinski definition) is 0. The largest absolute Gasteiger partial charge is 0.312 e. The van der Waals surface area contributed by atoms with Crippen LogP contribution in [0.15, 0.2) is 81.0 Å². The number of rotatable bonds is 13. The second-order valence-corrected chi connectivity index (χ2v) is 5.99. The molecule has 0 bridgehead atoms. The van der Waals surface area contributed by atoms with Gasteiger partial charge in [-0.15, -0.1) is 13.2 Å². The van der Waals surface area contributed by atoms with Gasteiger partial charge < -0.3 is 4.48 Å². The Bertz CT molecular complexity index is 470. The molecule has 0 heterocycles. The zero-order chi connectivity index (χ0) is 17.0. The van der Waals surface area contributed by atoms with E-state index in [4.69, 9.17) is 0 Å². The van der Waals surface area contributed by atoms with E-state index < -0.39 is 0 Å². The molecule has 1 aromatic rings. The van der Waals surface area contributed by atoms with E-state index in [1.54, 1.807) is 0 Å². The minimum atomic E-state index is 0.888. The molecule has 2 heteroatoms. The van der Waals surface area contributed by atoms with Crippen molar-refractivity contribution >= 4 is 0 Å². The van der Waals surface area contributed by atoms with Crippen LogP contribution in [0.1, 0.15) is 5.56 Å². The molecule has 0 fully saturated rings. The highest BCUT2D eigenvalue weighted by Gasteiger charge is 2.25. The molecular weight excluding hydrogens is 280 g/mol. The molecular formula is C21H31N2+. The standard InChI is InChI=1S/C21H31N2/c1-5-14-22(15-6-2)16-19-23(17-7-3,18-8-4)20-21-12-10-9-11-13-21/h5-13H,1-4,14-20H2/q+1. The fourth-order valence-electron chi connectivity index (χ4n) is 2.96. The van der Waals surface area contributed by atoms with E-state index in [0.717, 1.165) is 50.3 Å². The second kappa shape index (κ2) is 10.8. The number of quaternary nitrogens is 1. The van der Waals surface area contributed by atoms with E-state index in [2.05, 4.69) is 61.5 Å². The Labute approximate surface area is 142 Å². The zero-order valence-electron chi connectivity index (χ0n) is 14.4. The molecule has 0 aromatic heterocycles. The highest BCUT2D eigenvalue weighted by atomic mass is 15.4. The molecule has 1 rings (SSSR count). The van der Waals surface area contributed by atoms with Crippen LogP contribution in [0.5, 0.6) is 0 Å². The van der Waals surface area contributed by atoms with Gasteiger partial charge in [-0.25, -0.2) is 0 Å². The third kappa shape index (κ3) is 6.81. The lowest BCUT2D eigenvalue weighted by Gasteiger charge is -2.38. The molecule has 0 saturated carbocycles. The van der Waals surface area contributed by atoms with E-state index in [1.165, 1.54) is 5.56 Å². The van der Waals surface area contributed by atoms with Gasteiger partial charge in [0.2, 0.25) is 0 Å². The average Bonchev–Trinajstić information content (AvgIpc) is 2.55. The van der Waals surface area contributed by atoms with Gasteiger partial charge in [-0.05, 0) is 12.2 Å². The summed E-state index contributed by atoms with van der Waals surface area (Å²) in [4.78, 5) is 2.37. The molecule has 0 amide bonds. The van der Waals surface area contributed by atoms with E-state index in [1.807, 2.05) is 24.3 Å². The van der Waals surface area contributed by atoms with Crippen molar-refractivity contribution in [2.24, 2.45) is 0 Å². The van der Waals surface area contributed by atoms with Crippen molar-refractivity contribution < 1.29 is 4.48 Å². The van der Waals surface area contributed by atoms with Crippen molar-refractivity contribution in [2.45, 2.75) is 6.54 Å². The molecule has 0 N–H and O–H groups in total. The Kier molecular flexibility index (Phi) is 8.96. The topological polar surface area (TPSA) is 3.24 Å². The number of nitrogens with zero attached hydrogens (tertiary/aromatic N) is 2. The molecule has 0 aliphatic carbocycles. The molecule has 0 atom stereocenters. The van der Waals surface area contributed by atoms with Crippen molar-refractivity contribution in [1.29, 1.82) is 0 Å². The van der Waals surface area contributed by atoms with Crippen molar-refractivity contribution in [3.63, 3.8) is 0 Å². The van der Waals surface area contributed by atoms with E-state index in [9.17, 15) is 0 Å². The summed E-state index contributed by atoms with van der Waals surface area (Å²) in [6.45, 7) is 22.4. The Balaban J connectivity index is 2.88. The van der Waals surface area contributed by atoms with Gasteiger partial charge in [-0.2, -0.15) is 0 Å². The SMILES string of the molecule is C=CCN(CC=C)CC[N+](CC=C)(CC=C)Cc1ccccc1. The summed E-state index contributed by atoms with van der Waals surface area (Å²) >= 11 is 0. The third-order valence-electron chi connectivity index (χ3n) is 4.06. The van der Waals surface area contributed by atoms with E-state index >= 15 is 0 Å². The van der Waals surface area contributed by atoms with Gasteiger partial charge in [0.1, 0.15) is 6.54 Å². The lowest BCUT2D eigenvalue weighted by atomic mass is 10.1. The van der Waals surface area contributed by atoms with E-state index in [-0.39, 0.29) is 0 Å². The summed E-state index contributed by atoms with van der Waals surface area (Å²) in [7, 11) is 0. The van der Waals surface area contributed by atoms with Crippen molar-refractivity contribution in [2.75, 3.05) is 39.3 Å². The summed E-state index contributed by atoms with van der Waals surface area (Å²) in [6.07, 6.45) is 7.96. The van der Waals surface area contributed by atoms with E-state index in [0.29, 0.717) is 0 Å². The zero-order valence-corrected chi connectivity index (χ0v) is 14.4. The normalized spacial score (nSPS) is 11.2. The number of hydrogen-bond acceptors (Lipinski definition) is 1. The Morgan fingerprint density at radius 1 is 0.826 bits per heavy atom. The highest BCUT2D eigenvalue weighted by Crippen LogP contribution is 2.16. The molecule has 0 spiro atoms. The van der Waals surface area contributed by atoms with Crippen LogP contribution in [0, 0.1) is 0 Å². The first-order valence-electron chi connectivity index (χ1n) is 8.24. The van der Waals surface area contributed by atoms with Gasteiger partial charge in [0, 0.05) is 25.2 Å². The second-order valence-electron chi connectivity index (χ2n) is 5.99. The smallest absolute Gasteiger partial charge is 0.105 e. The molecule has 0 aliphatic rings. The summed E-state index contributed by atoms with van der Waals surface area (Å²) in [5, 5.41) is 0. The van der Waals surface area contributed by atoms with Crippen molar-refractivity contribution in [3.05, 3.63) is 86.5 Å². The predicted octanol–water partition coefficient (Wildman–Crippen LogP) is 4.05. The maximum atomic E-state index is 3.97. The van der Waals surface area contributed by atoms with Crippen LogP contribution in [0.3, 0.4) is 0 Å². The van der Waals surface area contributed by atoms with Gasteiger partial charge in [0.25, 0.3) is 0 Å². The van der Waals surface area contributed by atoms with Crippen molar-refractivity contribution in [3.8, 4) is 0 Å². The van der Waals surface area contributed by atoms with Crippen LogP contribution in [-0.2, 0) is 6.54 Å². The lowest BCUT2D eigenvalue weighted by molar-refractivity contribution is -0.929. The minimum absolute atomic E-state index is 0.888. The highest BCUT2D eigenvalue weighted by molar-refractivity contribution is 5.13. The molecule has 0 unspecified atom stereocenters. The first-order chi connectivity index (χ1) is 11.2. The maximum Gasteiger partial charge on any atom is 0.105 e. The van der Waals surface area contributed by atoms with Crippen LogP contribution in [0.25, 0.3) is 0 Å². The fourth-order valence-corrected chi connectivity index (χ4v) is 2.96. The number of benzene rings is 1. The first-order valence-corrected chi connectivity index (χ1v) is 8.24. The summed E-state index contributed by atoms with van der Waals surface area (Å²) < 4.78 is 0.946. The molecule has 2 nitrogen and oxygen atoms in total. The Morgan fingerprint density at radius 3 is 1.87 bits per heavy atom. The summed E-state index contributed by atoms with van der Waals surface area (Å²) in [5.74, 6) is 0. The minimum Gasteiger partial charge on any atom is -0.312 e. The monoisotopic (exact) mass is 311 g/mol. The van der Waals surface area contributed by atoms with Gasteiger partial charge in [-0.3, -0.25) is 4.90 Å². The molecule has 1 aromatic carbocycles. The molecule has 0 radical (unpaired) electrons. The quantitative estimate of drug-likeness (QED) is 0.392. The Morgan fingerprint density at radius 2 is 1.39 bits per heavy atom. The van der Waals surface area contributed by atoms with Crippen LogP contribution in [0.4, 0.5) is 0 Å². The lowest BCUT2D eigenvalue weighted by Crippen LogP contribution is -2.51. The fraction of sp³-hybridized carbons (Fsp3) is 0.333. The third-order valence-corrected chi connectivity index (χ3v) is 4.06. The van der Waals surface area contributed by atoms with Gasteiger partial charge >= 0.3 is 0 Å². The van der Waals surface area contributed by atoms with Gasteiger partial charge in [0.15, 0.2) is 0 Å². The maximum absolute atomic E-state index is 3.97. The molecule has 124 valence electrons. The molecule has 0 saturated heterocycles. The van der Waals surface area contributed by atoms with Crippen LogP contribution in [0.2, 0.25) is 0 Å². The van der Waals surface area contributed by atoms with Crippen molar-refractivity contribution in [1.82, 2.24) is 4.90 Å². The van der Waals surface area contributed by atoms with Crippen LogP contribution < -0.4 is 0 Å². The summed E-state index contributed by atoms with van der Waals surface area (Å²) in [5.41, 5.74) is 1.36. The van der Waals surface area contributed by atoms with Crippen LogP contribution in [-0.4, -0.2) is 48.7 Å². The molecule has 23 heavy (non-hydrogen) atoms. The summed E-state index contributed by atoms with van der Waals surface area (Å²) in [6, 6.07) is 10.7. The van der Waals surface area contributed by atoms with Gasteiger partial charge in [-0.1, -0.05) is 55.6 Å². The average molecular weight is 311 g/mol. The molecule has 0 aliphatic heterocycles. The van der Waals surface area contributed by atoms with Crippen LogP contribution >= 0.6 is 0 Å².